The van der Waals surface area contributed by atoms with Gasteiger partial charge in [-0.05, 0) is 11.5 Å². The first-order chi connectivity index (χ1) is 11.0. The predicted molar refractivity (Wildman–Crippen MR) is 91.0 cm³/mol. The zero-order chi connectivity index (χ0) is 16.7. The first-order valence-corrected chi connectivity index (χ1v) is 8.35. The SMILES string of the molecule is CC(C)CN1CCN(C(=O)CNC(=O)Cc2ccccc2)CC1. The minimum atomic E-state index is -0.108. The number of nitrogens with zero attached hydrogens (tertiary/aromatic N) is 2. The molecule has 5 nitrogen and oxygen atoms in total. The van der Waals surface area contributed by atoms with Crippen LogP contribution in [0, 0.1) is 5.92 Å². The first-order valence-electron chi connectivity index (χ1n) is 8.35. The lowest BCUT2D eigenvalue weighted by Crippen LogP contribution is -2.51. The van der Waals surface area contributed by atoms with Gasteiger partial charge in [0.2, 0.25) is 11.8 Å². The summed E-state index contributed by atoms with van der Waals surface area (Å²) in [5.41, 5.74) is 0.958. The molecule has 1 saturated heterocycles. The van der Waals surface area contributed by atoms with Gasteiger partial charge in [-0.25, -0.2) is 0 Å². The molecule has 1 aromatic carbocycles. The topological polar surface area (TPSA) is 52.6 Å². The average molecular weight is 317 g/mol. The van der Waals surface area contributed by atoms with Crippen molar-refractivity contribution in [2.75, 3.05) is 39.3 Å². The van der Waals surface area contributed by atoms with Crippen LogP contribution < -0.4 is 5.32 Å². The fraction of sp³-hybridized carbons (Fsp3) is 0.556. The number of carbonyl (C=O) groups is 2. The molecule has 1 N–H and O–H groups in total. The molecule has 2 rings (SSSR count). The normalized spacial score (nSPS) is 15.7. The van der Waals surface area contributed by atoms with Gasteiger partial charge in [0.25, 0.3) is 0 Å². The van der Waals surface area contributed by atoms with Crippen LogP contribution >= 0.6 is 0 Å². The molecular formula is C18H27N3O2. The zero-order valence-electron chi connectivity index (χ0n) is 14.1. The van der Waals surface area contributed by atoms with Gasteiger partial charge in [-0.15, -0.1) is 0 Å². The van der Waals surface area contributed by atoms with Gasteiger partial charge in [0, 0.05) is 32.7 Å². The molecule has 0 spiro atoms. The van der Waals surface area contributed by atoms with Crippen LogP contribution in [0.2, 0.25) is 0 Å². The van der Waals surface area contributed by atoms with Crippen LogP contribution in [0.1, 0.15) is 19.4 Å². The Bertz CT molecular complexity index is 508. The number of piperazine rings is 1. The van der Waals surface area contributed by atoms with Crippen LogP contribution in [0.3, 0.4) is 0 Å². The molecule has 0 unspecified atom stereocenters. The molecule has 1 aliphatic heterocycles. The summed E-state index contributed by atoms with van der Waals surface area (Å²) in [5, 5.41) is 2.73. The van der Waals surface area contributed by atoms with Crippen LogP contribution in [0.15, 0.2) is 30.3 Å². The van der Waals surface area contributed by atoms with Crippen LogP contribution in [-0.4, -0.2) is 60.9 Å². The van der Waals surface area contributed by atoms with E-state index in [-0.39, 0.29) is 18.4 Å². The Kier molecular flexibility index (Phi) is 6.59. The molecule has 0 bridgehead atoms. The van der Waals surface area contributed by atoms with Crippen LogP contribution in [0.4, 0.5) is 0 Å². The molecule has 0 atom stereocenters. The summed E-state index contributed by atoms with van der Waals surface area (Å²) < 4.78 is 0. The van der Waals surface area contributed by atoms with E-state index in [0.717, 1.165) is 38.3 Å². The highest BCUT2D eigenvalue weighted by molar-refractivity contribution is 5.85. The maximum atomic E-state index is 12.2. The molecule has 0 saturated carbocycles. The van der Waals surface area contributed by atoms with Gasteiger partial charge in [-0.2, -0.15) is 0 Å². The molecule has 0 aromatic heterocycles. The second-order valence-corrected chi connectivity index (χ2v) is 6.51. The summed E-state index contributed by atoms with van der Waals surface area (Å²) in [6, 6.07) is 9.56. The van der Waals surface area contributed by atoms with E-state index in [4.69, 9.17) is 0 Å². The average Bonchev–Trinajstić information content (AvgIpc) is 2.54. The lowest BCUT2D eigenvalue weighted by atomic mass is 10.1. The molecular weight excluding hydrogens is 290 g/mol. The molecule has 2 amide bonds. The van der Waals surface area contributed by atoms with E-state index in [9.17, 15) is 9.59 Å². The highest BCUT2D eigenvalue weighted by Gasteiger charge is 2.21. The van der Waals surface area contributed by atoms with Gasteiger partial charge in [0.05, 0.1) is 13.0 Å². The molecule has 0 aliphatic carbocycles. The number of hydrogen-bond acceptors (Lipinski definition) is 3. The second kappa shape index (κ2) is 8.67. The minimum Gasteiger partial charge on any atom is -0.347 e. The van der Waals surface area contributed by atoms with Crippen molar-refractivity contribution >= 4 is 11.8 Å². The molecule has 1 aliphatic rings. The molecule has 1 aromatic rings. The third kappa shape index (κ3) is 6.02. The fourth-order valence-corrected chi connectivity index (χ4v) is 2.83. The molecule has 126 valence electrons. The van der Waals surface area contributed by atoms with Gasteiger partial charge in [-0.3, -0.25) is 14.5 Å². The Hall–Kier alpha value is -1.88. The first kappa shape index (κ1) is 17.5. The third-order valence-electron chi connectivity index (χ3n) is 3.99. The summed E-state index contributed by atoms with van der Waals surface area (Å²) in [7, 11) is 0. The Balaban J connectivity index is 1.68. The van der Waals surface area contributed by atoms with Crippen LogP contribution in [-0.2, 0) is 16.0 Å². The van der Waals surface area contributed by atoms with Crippen molar-refractivity contribution in [1.82, 2.24) is 15.1 Å². The number of nitrogens with one attached hydrogen (secondary N) is 1. The monoisotopic (exact) mass is 317 g/mol. The molecule has 5 heteroatoms. The van der Waals surface area contributed by atoms with Gasteiger partial charge < -0.3 is 10.2 Å². The van der Waals surface area contributed by atoms with Crippen molar-refractivity contribution in [3.8, 4) is 0 Å². The summed E-state index contributed by atoms with van der Waals surface area (Å²) in [5.74, 6) is 0.549. The summed E-state index contributed by atoms with van der Waals surface area (Å²) in [6.07, 6.45) is 0.316. The highest BCUT2D eigenvalue weighted by Crippen LogP contribution is 2.05. The van der Waals surface area contributed by atoms with Crippen LogP contribution in [0.25, 0.3) is 0 Å². The highest BCUT2D eigenvalue weighted by atomic mass is 16.2. The van der Waals surface area contributed by atoms with Gasteiger partial charge in [0.15, 0.2) is 0 Å². The fourth-order valence-electron chi connectivity index (χ4n) is 2.83. The molecule has 0 radical (unpaired) electrons. The van der Waals surface area contributed by atoms with E-state index < -0.39 is 0 Å². The van der Waals surface area contributed by atoms with Gasteiger partial charge in [-0.1, -0.05) is 44.2 Å². The number of hydrogen-bond donors (Lipinski definition) is 1. The summed E-state index contributed by atoms with van der Waals surface area (Å²) in [4.78, 5) is 28.3. The number of benzene rings is 1. The van der Waals surface area contributed by atoms with E-state index in [2.05, 4.69) is 24.1 Å². The number of rotatable bonds is 6. The van der Waals surface area contributed by atoms with Crippen molar-refractivity contribution in [3.05, 3.63) is 35.9 Å². The van der Waals surface area contributed by atoms with Crippen LogP contribution in [0.5, 0.6) is 0 Å². The summed E-state index contributed by atoms with van der Waals surface area (Å²) >= 11 is 0. The standard InChI is InChI=1S/C18H27N3O2/c1-15(2)14-20-8-10-21(11-9-20)18(23)13-19-17(22)12-16-6-4-3-5-7-16/h3-7,15H,8-14H2,1-2H3,(H,19,22). The van der Waals surface area contributed by atoms with E-state index in [1.54, 1.807) is 0 Å². The predicted octanol–water partition coefficient (Wildman–Crippen LogP) is 1.15. The van der Waals surface area contributed by atoms with Gasteiger partial charge >= 0.3 is 0 Å². The van der Waals surface area contributed by atoms with Crippen molar-refractivity contribution in [2.24, 2.45) is 5.92 Å². The Labute approximate surface area is 138 Å². The van der Waals surface area contributed by atoms with E-state index in [1.165, 1.54) is 0 Å². The van der Waals surface area contributed by atoms with Crippen molar-refractivity contribution in [1.29, 1.82) is 0 Å². The van der Waals surface area contributed by atoms with Gasteiger partial charge in [0.1, 0.15) is 0 Å². The molecule has 23 heavy (non-hydrogen) atoms. The number of amides is 2. The lowest BCUT2D eigenvalue weighted by molar-refractivity contribution is -0.134. The smallest absolute Gasteiger partial charge is 0.242 e. The molecule has 1 fully saturated rings. The van der Waals surface area contributed by atoms with E-state index >= 15 is 0 Å². The number of carbonyl (C=O) groups excluding carboxylic acids is 2. The Morgan fingerprint density at radius 2 is 1.74 bits per heavy atom. The Morgan fingerprint density at radius 3 is 2.35 bits per heavy atom. The van der Waals surface area contributed by atoms with E-state index in [0.29, 0.717) is 12.3 Å². The van der Waals surface area contributed by atoms with Crippen molar-refractivity contribution in [3.63, 3.8) is 0 Å². The third-order valence-corrected chi connectivity index (χ3v) is 3.99. The summed E-state index contributed by atoms with van der Waals surface area (Å²) in [6.45, 7) is 8.93. The zero-order valence-corrected chi connectivity index (χ0v) is 14.1. The second-order valence-electron chi connectivity index (χ2n) is 6.51. The largest absolute Gasteiger partial charge is 0.347 e. The maximum absolute atomic E-state index is 12.2. The van der Waals surface area contributed by atoms with Crippen molar-refractivity contribution in [2.45, 2.75) is 20.3 Å². The lowest BCUT2D eigenvalue weighted by Gasteiger charge is -2.35. The maximum Gasteiger partial charge on any atom is 0.242 e. The molecule has 1 heterocycles. The van der Waals surface area contributed by atoms with Crippen molar-refractivity contribution < 1.29 is 9.59 Å². The quantitative estimate of drug-likeness (QED) is 0.856. The Morgan fingerprint density at radius 1 is 1.09 bits per heavy atom. The minimum absolute atomic E-state index is 0.00982. The van der Waals surface area contributed by atoms with E-state index in [1.807, 2.05) is 35.2 Å².